The number of rotatable bonds is 7. The molecule has 3 aromatic carbocycles. The molecule has 4 rings (SSSR count). The van der Waals surface area contributed by atoms with Crippen LogP contribution >= 0.6 is 0 Å². The summed E-state index contributed by atoms with van der Waals surface area (Å²) in [5.41, 5.74) is 0.0542. The first kappa shape index (κ1) is 24.6. The number of benzene rings is 3. The molecule has 0 atom stereocenters. The molecule has 1 heterocycles. The van der Waals surface area contributed by atoms with Crippen molar-refractivity contribution in [2.24, 2.45) is 0 Å². The predicted octanol–water partition coefficient (Wildman–Crippen LogP) is 5.90. The van der Waals surface area contributed by atoms with Gasteiger partial charge in [-0.2, -0.15) is 0 Å². The van der Waals surface area contributed by atoms with E-state index in [0.29, 0.717) is 17.0 Å². The van der Waals surface area contributed by atoms with Gasteiger partial charge in [-0.1, -0.05) is 30.3 Å². The van der Waals surface area contributed by atoms with Crippen molar-refractivity contribution in [1.29, 1.82) is 0 Å². The second kappa shape index (κ2) is 9.61. The first-order chi connectivity index (χ1) is 17.1. The summed E-state index contributed by atoms with van der Waals surface area (Å²) in [6, 6.07) is 18.6. The highest BCUT2D eigenvalue weighted by Gasteiger charge is 2.39. The van der Waals surface area contributed by atoms with Crippen LogP contribution in [0.5, 0.6) is 11.5 Å². The number of hydrogen-bond acceptors (Lipinski definition) is 7. The lowest BCUT2D eigenvalue weighted by Crippen LogP contribution is -2.35. The molecular formula is C27H26N2O7. The van der Waals surface area contributed by atoms with E-state index in [-0.39, 0.29) is 35.2 Å². The molecule has 1 aliphatic heterocycles. The van der Waals surface area contributed by atoms with Crippen molar-refractivity contribution in [3.05, 3.63) is 93.7 Å². The van der Waals surface area contributed by atoms with Crippen molar-refractivity contribution in [2.45, 2.75) is 33.0 Å². The zero-order chi connectivity index (χ0) is 26.0. The van der Waals surface area contributed by atoms with E-state index >= 15 is 0 Å². The standard InChI is InChI=1S/C27H26N2O7/c1-17(30)28(19-10-12-20(34-4)13-11-19)22-14-21-24(15-23(22)29(32)33)36-27(2,3)26(31)25(21)35-16-18-8-6-5-7-9-18/h5-15,31H,16H2,1-4H3. The molecule has 36 heavy (non-hydrogen) atoms. The van der Waals surface area contributed by atoms with Crippen molar-refractivity contribution in [3.63, 3.8) is 0 Å². The van der Waals surface area contributed by atoms with E-state index in [9.17, 15) is 20.0 Å². The lowest BCUT2D eigenvalue weighted by atomic mass is 9.96. The van der Waals surface area contributed by atoms with Crippen molar-refractivity contribution < 1.29 is 29.0 Å². The lowest BCUT2D eigenvalue weighted by Gasteiger charge is -2.34. The third-order valence-electron chi connectivity index (χ3n) is 5.78. The van der Waals surface area contributed by atoms with Crippen LogP contribution in [-0.4, -0.2) is 28.6 Å². The number of carbonyl (C=O) groups is 1. The number of carbonyl (C=O) groups excluding carboxylic acids is 1. The molecule has 186 valence electrons. The van der Waals surface area contributed by atoms with E-state index in [1.54, 1.807) is 38.1 Å². The number of nitro groups is 1. The topological polar surface area (TPSA) is 111 Å². The Balaban J connectivity index is 1.87. The highest BCUT2D eigenvalue weighted by Crippen LogP contribution is 2.47. The third kappa shape index (κ3) is 4.68. The number of fused-ring (bicyclic) bond motifs is 1. The fourth-order valence-corrected chi connectivity index (χ4v) is 3.97. The average molecular weight is 491 g/mol. The van der Waals surface area contributed by atoms with Gasteiger partial charge in [-0.3, -0.25) is 19.8 Å². The Morgan fingerprint density at radius 1 is 1.11 bits per heavy atom. The summed E-state index contributed by atoms with van der Waals surface area (Å²) in [4.78, 5) is 25.5. The zero-order valence-electron chi connectivity index (χ0n) is 20.3. The van der Waals surface area contributed by atoms with Crippen LogP contribution in [-0.2, 0) is 16.1 Å². The first-order valence-corrected chi connectivity index (χ1v) is 11.2. The van der Waals surface area contributed by atoms with Crippen molar-refractivity contribution >= 4 is 28.7 Å². The Hall–Kier alpha value is -4.53. The van der Waals surface area contributed by atoms with Crippen molar-refractivity contribution in [3.8, 4) is 11.5 Å². The van der Waals surface area contributed by atoms with Gasteiger partial charge in [-0.05, 0) is 49.7 Å². The van der Waals surface area contributed by atoms with E-state index in [2.05, 4.69) is 0 Å². The first-order valence-electron chi connectivity index (χ1n) is 11.2. The van der Waals surface area contributed by atoms with Crippen LogP contribution in [0.4, 0.5) is 17.1 Å². The SMILES string of the molecule is COc1ccc(N(C(C)=O)c2cc3c(cc2[N+](=O)[O-])OC(C)(C)C(O)=C3OCc2ccccc2)cc1. The van der Waals surface area contributed by atoms with Crippen LogP contribution in [0.25, 0.3) is 5.76 Å². The lowest BCUT2D eigenvalue weighted by molar-refractivity contribution is -0.384. The van der Waals surface area contributed by atoms with Crippen LogP contribution in [0.2, 0.25) is 0 Å². The molecule has 0 radical (unpaired) electrons. The fourth-order valence-electron chi connectivity index (χ4n) is 3.97. The summed E-state index contributed by atoms with van der Waals surface area (Å²) in [7, 11) is 1.52. The Bertz CT molecular complexity index is 1330. The van der Waals surface area contributed by atoms with Gasteiger partial charge in [0.05, 0.1) is 23.7 Å². The van der Waals surface area contributed by atoms with Gasteiger partial charge in [0, 0.05) is 12.6 Å². The maximum atomic E-state index is 12.8. The van der Waals surface area contributed by atoms with Gasteiger partial charge in [-0.25, -0.2) is 0 Å². The van der Waals surface area contributed by atoms with E-state index in [4.69, 9.17) is 14.2 Å². The Morgan fingerprint density at radius 2 is 1.78 bits per heavy atom. The van der Waals surface area contributed by atoms with Crippen LogP contribution in [0.3, 0.4) is 0 Å². The third-order valence-corrected chi connectivity index (χ3v) is 5.78. The fraction of sp³-hybridized carbons (Fsp3) is 0.222. The monoisotopic (exact) mass is 490 g/mol. The molecule has 0 saturated heterocycles. The van der Waals surface area contributed by atoms with Crippen LogP contribution in [0.1, 0.15) is 31.9 Å². The van der Waals surface area contributed by atoms with Gasteiger partial charge < -0.3 is 19.3 Å². The summed E-state index contributed by atoms with van der Waals surface area (Å²) in [5.74, 6) is 0.251. The number of hydrogen-bond donors (Lipinski definition) is 1. The minimum atomic E-state index is -1.19. The summed E-state index contributed by atoms with van der Waals surface area (Å²) in [6.45, 7) is 4.73. The molecule has 0 saturated carbocycles. The molecule has 1 aliphatic rings. The Morgan fingerprint density at radius 3 is 2.36 bits per heavy atom. The van der Waals surface area contributed by atoms with Gasteiger partial charge in [0.15, 0.2) is 17.1 Å². The number of methoxy groups -OCH3 is 1. The van der Waals surface area contributed by atoms with Crippen LogP contribution < -0.4 is 14.4 Å². The minimum absolute atomic E-state index is 0.00772. The molecule has 1 N–H and O–H groups in total. The highest BCUT2D eigenvalue weighted by molar-refractivity contribution is 6.02. The van der Waals surface area contributed by atoms with Gasteiger partial charge in [0.1, 0.15) is 23.8 Å². The number of anilines is 2. The molecule has 9 heteroatoms. The molecule has 3 aromatic rings. The smallest absolute Gasteiger partial charge is 0.297 e. The van der Waals surface area contributed by atoms with E-state index < -0.39 is 16.4 Å². The summed E-state index contributed by atoms with van der Waals surface area (Å²) in [6.07, 6.45) is 0. The van der Waals surface area contributed by atoms with Crippen molar-refractivity contribution in [2.75, 3.05) is 12.0 Å². The average Bonchev–Trinajstić information content (AvgIpc) is 2.85. The van der Waals surface area contributed by atoms with Gasteiger partial charge in [0.2, 0.25) is 5.91 Å². The largest absolute Gasteiger partial charge is 0.505 e. The zero-order valence-corrected chi connectivity index (χ0v) is 20.3. The highest BCUT2D eigenvalue weighted by atomic mass is 16.6. The second-order valence-corrected chi connectivity index (χ2v) is 8.71. The number of nitro benzene ring substituents is 1. The van der Waals surface area contributed by atoms with E-state index in [0.717, 1.165) is 5.56 Å². The number of amides is 1. The molecule has 0 fully saturated rings. The maximum absolute atomic E-state index is 12.8. The number of nitrogens with zero attached hydrogens (tertiary/aromatic N) is 2. The maximum Gasteiger partial charge on any atom is 0.297 e. The summed E-state index contributed by atoms with van der Waals surface area (Å²) in [5, 5.41) is 23.1. The van der Waals surface area contributed by atoms with E-state index in [1.807, 2.05) is 30.3 Å². The molecular weight excluding hydrogens is 464 g/mol. The number of ether oxygens (including phenoxy) is 3. The van der Waals surface area contributed by atoms with Gasteiger partial charge in [-0.15, -0.1) is 0 Å². The Labute approximate surface area is 208 Å². The predicted molar refractivity (Wildman–Crippen MR) is 134 cm³/mol. The summed E-state index contributed by atoms with van der Waals surface area (Å²) < 4.78 is 17.1. The van der Waals surface area contributed by atoms with Gasteiger partial charge >= 0.3 is 0 Å². The molecule has 0 aliphatic carbocycles. The molecule has 0 spiro atoms. The molecule has 0 aromatic heterocycles. The van der Waals surface area contributed by atoms with E-state index in [1.165, 1.54) is 31.1 Å². The quantitative estimate of drug-likeness (QED) is 0.324. The normalized spacial score (nSPS) is 13.9. The number of aliphatic hydroxyl groups is 1. The minimum Gasteiger partial charge on any atom is -0.505 e. The second-order valence-electron chi connectivity index (χ2n) is 8.71. The summed E-state index contributed by atoms with van der Waals surface area (Å²) >= 11 is 0. The number of aliphatic hydroxyl groups excluding tert-OH is 1. The Kier molecular flexibility index (Phi) is 6.57. The van der Waals surface area contributed by atoms with Crippen molar-refractivity contribution in [1.82, 2.24) is 0 Å². The molecule has 9 nitrogen and oxygen atoms in total. The van der Waals surface area contributed by atoms with Crippen LogP contribution in [0.15, 0.2) is 72.5 Å². The van der Waals surface area contributed by atoms with Crippen LogP contribution in [0, 0.1) is 10.1 Å². The molecule has 0 unspecified atom stereocenters. The molecule has 1 amide bonds. The molecule has 0 bridgehead atoms. The van der Waals surface area contributed by atoms with Gasteiger partial charge in [0.25, 0.3) is 5.69 Å².